The molecule has 0 amide bonds. The van der Waals surface area contributed by atoms with Crippen LogP contribution in [-0.4, -0.2) is 29.1 Å². The van der Waals surface area contributed by atoms with Crippen LogP contribution in [0, 0.1) is 13.8 Å². The maximum Gasteiger partial charge on any atom is 0.339 e. The highest BCUT2D eigenvalue weighted by Gasteiger charge is 2.09. The van der Waals surface area contributed by atoms with Gasteiger partial charge >= 0.3 is 5.97 Å². The Morgan fingerprint density at radius 3 is 1.87 bits per heavy atom. The van der Waals surface area contributed by atoms with Crippen molar-refractivity contribution in [2.24, 2.45) is 0 Å². The third kappa shape index (κ3) is 4.57. The Balaban J connectivity index is 0.000000231. The number of aromatic carboxylic acids is 1. The second-order valence-electron chi connectivity index (χ2n) is 4.99. The molecule has 0 spiro atoms. The molecule has 5 heteroatoms. The second kappa shape index (κ2) is 7.98. The fourth-order valence-corrected chi connectivity index (χ4v) is 2.03. The smallest absolute Gasteiger partial charge is 0.339 e. The Labute approximate surface area is 135 Å². The van der Waals surface area contributed by atoms with E-state index in [1.807, 2.05) is 19.1 Å². The molecule has 0 atom stereocenters. The molecule has 0 aliphatic heterocycles. The van der Waals surface area contributed by atoms with E-state index in [4.69, 9.17) is 9.84 Å². The summed E-state index contributed by atoms with van der Waals surface area (Å²) in [6.45, 7) is 5.12. The molecule has 122 valence electrons. The lowest BCUT2D eigenvalue weighted by atomic mass is 10.1. The number of hydrogen-bond acceptors (Lipinski definition) is 4. The number of aromatic hydroxyl groups is 1. The highest BCUT2D eigenvalue weighted by atomic mass is 16.5. The first-order valence-electron chi connectivity index (χ1n) is 6.96. The van der Waals surface area contributed by atoms with Gasteiger partial charge in [-0.15, -0.1) is 0 Å². The van der Waals surface area contributed by atoms with Gasteiger partial charge < -0.3 is 14.9 Å². The number of phenols is 1. The van der Waals surface area contributed by atoms with Gasteiger partial charge in [0.1, 0.15) is 17.1 Å². The van der Waals surface area contributed by atoms with Crippen LogP contribution in [0.3, 0.4) is 0 Å². The quantitative estimate of drug-likeness (QED) is 0.845. The molecule has 0 saturated heterocycles. The lowest BCUT2D eigenvalue weighted by molar-refractivity contribution is 0.0693. The number of rotatable bonds is 3. The number of carboxylic acid groups (broad SMARTS) is 1. The molecular weight excluding hydrogens is 296 g/mol. The van der Waals surface area contributed by atoms with Crippen molar-refractivity contribution in [3.63, 3.8) is 0 Å². The van der Waals surface area contributed by atoms with Gasteiger partial charge in [0.15, 0.2) is 5.78 Å². The van der Waals surface area contributed by atoms with Crippen molar-refractivity contribution in [3.05, 3.63) is 58.7 Å². The zero-order chi connectivity index (χ0) is 17.6. The number of carboxylic acids is 1. The monoisotopic (exact) mass is 316 g/mol. The van der Waals surface area contributed by atoms with Gasteiger partial charge in [-0.3, -0.25) is 4.79 Å². The molecule has 23 heavy (non-hydrogen) atoms. The van der Waals surface area contributed by atoms with Gasteiger partial charge in [-0.1, -0.05) is 24.3 Å². The summed E-state index contributed by atoms with van der Waals surface area (Å²) in [5, 5.41) is 17.7. The summed E-state index contributed by atoms with van der Waals surface area (Å²) in [5.74, 6) is -0.535. The van der Waals surface area contributed by atoms with Crippen molar-refractivity contribution in [3.8, 4) is 11.5 Å². The van der Waals surface area contributed by atoms with Crippen molar-refractivity contribution in [1.82, 2.24) is 0 Å². The summed E-state index contributed by atoms with van der Waals surface area (Å²) < 4.78 is 5.12. The molecule has 0 radical (unpaired) electrons. The van der Waals surface area contributed by atoms with Crippen molar-refractivity contribution >= 4 is 11.8 Å². The molecule has 0 aromatic heterocycles. The van der Waals surface area contributed by atoms with Crippen LogP contribution in [0.4, 0.5) is 0 Å². The average molecular weight is 316 g/mol. The predicted octanol–water partition coefficient (Wildman–Crippen LogP) is 3.61. The highest BCUT2D eigenvalue weighted by Crippen LogP contribution is 2.23. The number of ketones is 1. The summed E-state index contributed by atoms with van der Waals surface area (Å²) in [4.78, 5) is 21.5. The van der Waals surface area contributed by atoms with E-state index in [0.29, 0.717) is 16.9 Å². The third-order valence-electron chi connectivity index (χ3n) is 3.26. The minimum absolute atomic E-state index is 0.0375. The maximum atomic E-state index is 11.1. The largest absolute Gasteiger partial charge is 0.507 e. The van der Waals surface area contributed by atoms with Gasteiger partial charge in [0, 0.05) is 0 Å². The summed E-state index contributed by atoms with van der Waals surface area (Å²) >= 11 is 0. The number of hydrogen-bond donors (Lipinski definition) is 2. The molecular formula is C18H20O5. The van der Waals surface area contributed by atoms with Crippen LogP contribution in [0.25, 0.3) is 0 Å². The Bertz CT molecular complexity index is 719. The van der Waals surface area contributed by atoms with Gasteiger partial charge in [0.25, 0.3) is 0 Å². The molecule has 0 aliphatic carbocycles. The molecule has 2 aromatic rings. The highest BCUT2D eigenvalue weighted by molar-refractivity contribution is 5.97. The Kier molecular flexibility index (Phi) is 6.33. The predicted molar refractivity (Wildman–Crippen MR) is 87.5 cm³/mol. The first-order valence-corrected chi connectivity index (χ1v) is 6.96. The summed E-state index contributed by atoms with van der Waals surface area (Å²) in [6, 6.07) is 10.2. The van der Waals surface area contributed by atoms with Crippen LogP contribution >= 0.6 is 0 Å². The molecule has 0 fully saturated rings. The van der Waals surface area contributed by atoms with Crippen LogP contribution in [-0.2, 0) is 0 Å². The zero-order valence-corrected chi connectivity index (χ0v) is 13.6. The fourth-order valence-electron chi connectivity index (χ4n) is 2.03. The van der Waals surface area contributed by atoms with Crippen molar-refractivity contribution < 1.29 is 24.5 Å². The van der Waals surface area contributed by atoms with Crippen LogP contribution in [0.15, 0.2) is 36.4 Å². The number of aryl methyl sites for hydroxylation is 2. The summed E-state index contributed by atoms with van der Waals surface area (Å²) in [5.41, 5.74) is 2.16. The van der Waals surface area contributed by atoms with Gasteiger partial charge in [0.2, 0.25) is 0 Å². The van der Waals surface area contributed by atoms with Crippen LogP contribution in [0.1, 0.15) is 38.8 Å². The molecule has 0 unspecified atom stereocenters. The standard InChI is InChI=1S/C10H12O2.C8H8O3/c1-7-5-4-6-9(8(2)11)10(7)12-3;1-5-3-2-4-6(7(5)9)8(10)11/h4-6H,1-3H3;2-4,9H,1H3,(H,10,11). The van der Waals surface area contributed by atoms with E-state index in [-0.39, 0.29) is 17.1 Å². The summed E-state index contributed by atoms with van der Waals surface area (Å²) in [7, 11) is 1.58. The zero-order valence-electron chi connectivity index (χ0n) is 13.6. The lowest BCUT2D eigenvalue weighted by Crippen LogP contribution is -1.98. The van der Waals surface area contributed by atoms with Gasteiger partial charge in [-0.05, 0) is 44.0 Å². The summed E-state index contributed by atoms with van der Waals surface area (Å²) in [6.07, 6.45) is 0. The van der Waals surface area contributed by atoms with E-state index in [1.54, 1.807) is 32.2 Å². The minimum atomic E-state index is -1.11. The maximum absolute atomic E-state index is 11.1. The molecule has 2 rings (SSSR count). The van der Waals surface area contributed by atoms with Crippen molar-refractivity contribution in [2.45, 2.75) is 20.8 Å². The molecule has 5 nitrogen and oxygen atoms in total. The van der Waals surface area contributed by atoms with E-state index in [2.05, 4.69) is 0 Å². The second-order valence-corrected chi connectivity index (χ2v) is 4.99. The van der Waals surface area contributed by atoms with E-state index in [9.17, 15) is 14.7 Å². The molecule has 2 aromatic carbocycles. The molecule has 0 aliphatic rings. The van der Waals surface area contributed by atoms with Gasteiger partial charge in [-0.2, -0.15) is 0 Å². The fraction of sp³-hybridized carbons (Fsp3) is 0.222. The van der Waals surface area contributed by atoms with Crippen LogP contribution in [0.2, 0.25) is 0 Å². The molecule has 0 saturated carbocycles. The first-order chi connectivity index (χ1) is 10.8. The van der Waals surface area contributed by atoms with Crippen molar-refractivity contribution in [1.29, 1.82) is 0 Å². The Hall–Kier alpha value is -2.82. The topological polar surface area (TPSA) is 83.8 Å². The number of methoxy groups -OCH3 is 1. The van der Waals surface area contributed by atoms with Gasteiger partial charge in [0.05, 0.1) is 12.7 Å². The number of para-hydroxylation sites is 2. The van der Waals surface area contributed by atoms with E-state index < -0.39 is 5.97 Å². The van der Waals surface area contributed by atoms with Gasteiger partial charge in [-0.25, -0.2) is 4.79 Å². The number of ether oxygens (including phenoxy) is 1. The molecule has 0 heterocycles. The SMILES string of the molecule is COc1c(C)cccc1C(C)=O.Cc1cccc(C(=O)O)c1O. The normalized spacial score (nSPS) is 9.57. The first kappa shape index (κ1) is 18.2. The Morgan fingerprint density at radius 2 is 1.48 bits per heavy atom. The van der Waals surface area contributed by atoms with Crippen LogP contribution in [0.5, 0.6) is 11.5 Å². The van der Waals surface area contributed by atoms with Crippen LogP contribution < -0.4 is 4.74 Å². The number of benzene rings is 2. The molecule has 2 N–H and O–H groups in total. The van der Waals surface area contributed by atoms with Crippen molar-refractivity contribution in [2.75, 3.05) is 7.11 Å². The number of carbonyl (C=O) groups is 2. The van der Waals surface area contributed by atoms with E-state index >= 15 is 0 Å². The number of carbonyl (C=O) groups excluding carboxylic acids is 1. The minimum Gasteiger partial charge on any atom is -0.507 e. The average Bonchev–Trinajstić information content (AvgIpc) is 2.50. The number of Topliss-reactive ketones (excluding diaryl/α,β-unsaturated/α-hetero) is 1. The Morgan fingerprint density at radius 1 is 0.957 bits per heavy atom. The lowest BCUT2D eigenvalue weighted by Gasteiger charge is -2.07. The van der Waals surface area contributed by atoms with E-state index in [1.165, 1.54) is 13.0 Å². The van der Waals surface area contributed by atoms with E-state index in [0.717, 1.165) is 5.56 Å². The third-order valence-corrected chi connectivity index (χ3v) is 3.26. The molecule has 0 bridgehead atoms.